The molecule has 0 N–H and O–H groups in total. The van der Waals surface area contributed by atoms with Gasteiger partial charge >= 0.3 is 0 Å². The standard InChI is InChI=1S/C17H24N2O2S/c1-11-9-14(12(2)19(11)13-3-4-13)17(20)18-6-8-22-16-10-21-7-5-15(16)18/h9,13,15-16H,3-8,10H2,1-2H3/t15-,16+/m0/s1. The summed E-state index contributed by atoms with van der Waals surface area (Å²) in [5.74, 6) is 1.26. The van der Waals surface area contributed by atoms with Gasteiger partial charge in [0.2, 0.25) is 0 Å². The zero-order chi connectivity index (χ0) is 15.3. The second-order valence-electron chi connectivity index (χ2n) is 6.72. The van der Waals surface area contributed by atoms with Crippen molar-refractivity contribution < 1.29 is 9.53 Å². The number of amides is 1. The lowest BCUT2D eigenvalue weighted by Crippen LogP contribution is -2.54. The Kier molecular flexibility index (Phi) is 3.73. The van der Waals surface area contributed by atoms with Gasteiger partial charge in [-0.1, -0.05) is 0 Å². The molecule has 0 spiro atoms. The number of fused-ring (bicyclic) bond motifs is 1. The smallest absolute Gasteiger partial charge is 0.255 e. The molecule has 120 valence electrons. The van der Waals surface area contributed by atoms with E-state index >= 15 is 0 Å². The lowest BCUT2D eigenvalue weighted by atomic mass is 10.0. The van der Waals surface area contributed by atoms with Crippen LogP contribution in [0.5, 0.6) is 0 Å². The fourth-order valence-corrected chi connectivity index (χ4v) is 5.28. The minimum absolute atomic E-state index is 0.234. The summed E-state index contributed by atoms with van der Waals surface area (Å²) in [5.41, 5.74) is 3.31. The average molecular weight is 320 g/mol. The molecule has 1 saturated carbocycles. The molecule has 3 heterocycles. The molecule has 22 heavy (non-hydrogen) atoms. The third-order valence-corrected chi connectivity index (χ3v) is 6.52. The Morgan fingerprint density at radius 2 is 2.14 bits per heavy atom. The SMILES string of the molecule is Cc1cc(C(=O)N2CCS[C@@H]3COCC[C@@H]32)c(C)n1C1CC1. The molecule has 0 radical (unpaired) electrons. The van der Waals surface area contributed by atoms with Crippen LogP contribution in [-0.2, 0) is 4.74 Å². The van der Waals surface area contributed by atoms with Crippen LogP contribution in [-0.4, -0.2) is 52.2 Å². The summed E-state index contributed by atoms with van der Waals surface area (Å²) in [7, 11) is 0. The summed E-state index contributed by atoms with van der Waals surface area (Å²) < 4.78 is 7.96. The minimum atomic E-state index is 0.234. The number of nitrogens with zero attached hydrogens (tertiary/aromatic N) is 2. The molecule has 1 amide bonds. The van der Waals surface area contributed by atoms with Gasteiger partial charge in [0.1, 0.15) is 0 Å². The van der Waals surface area contributed by atoms with E-state index in [0.29, 0.717) is 17.3 Å². The van der Waals surface area contributed by atoms with Gasteiger partial charge in [-0.3, -0.25) is 4.79 Å². The summed E-state index contributed by atoms with van der Waals surface area (Å²) in [5, 5.41) is 0.457. The highest BCUT2D eigenvalue weighted by molar-refractivity contribution is 8.00. The monoisotopic (exact) mass is 320 g/mol. The number of carbonyl (C=O) groups excluding carboxylic acids is 1. The maximum atomic E-state index is 13.1. The topological polar surface area (TPSA) is 34.5 Å². The number of hydrogen-bond acceptors (Lipinski definition) is 3. The first kappa shape index (κ1) is 14.6. The Morgan fingerprint density at radius 1 is 1.32 bits per heavy atom. The van der Waals surface area contributed by atoms with Gasteiger partial charge in [0, 0.05) is 47.6 Å². The zero-order valence-corrected chi connectivity index (χ0v) is 14.2. The Balaban J connectivity index is 1.62. The van der Waals surface area contributed by atoms with Crippen molar-refractivity contribution >= 4 is 17.7 Å². The molecule has 0 unspecified atom stereocenters. The van der Waals surface area contributed by atoms with Crippen molar-refractivity contribution in [2.45, 2.75) is 50.4 Å². The predicted octanol–water partition coefficient (Wildman–Crippen LogP) is 2.79. The van der Waals surface area contributed by atoms with Crippen LogP contribution in [0, 0.1) is 13.8 Å². The second-order valence-corrected chi connectivity index (χ2v) is 8.07. The van der Waals surface area contributed by atoms with Crippen LogP contribution in [0.1, 0.15) is 47.1 Å². The molecule has 1 aliphatic carbocycles. The number of ether oxygens (including phenoxy) is 1. The molecular formula is C17H24N2O2S. The third-order valence-electron chi connectivity index (χ3n) is 5.22. The Hall–Kier alpha value is -0.940. The van der Waals surface area contributed by atoms with E-state index in [1.54, 1.807) is 0 Å². The molecule has 2 atom stereocenters. The van der Waals surface area contributed by atoms with Crippen LogP contribution in [0.2, 0.25) is 0 Å². The zero-order valence-electron chi connectivity index (χ0n) is 13.4. The molecule has 0 aromatic carbocycles. The first-order chi connectivity index (χ1) is 10.7. The van der Waals surface area contributed by atoms with Crippen LogP contribution < -0.4 is 0 Å². The van der Waals surface area contributed by atoms with E-state index in [4.69, 9.17) is 4.74 Å². The van der Waals surface area contributed by atoms with Crippen LogP contribution in [0.15, 0.2) is 6.07 Å². The van der Waals surface area contributed by atoms with Crippen LogP contribution in [0.4, 0.5) is 0 Å². The molecule has 0 bridgehead atoms. The molecule has 3 aliphatic rings. The van der Waals surface area contributed by atoms with E-state index in [-0.39, 0.29) is 5.91 Å². The minimum Gasteiger partial charge on any atom is -0.380 e. The van der Waals surface area contributed by atoms with Crippen molar-refractivity contribution in [2.75, 3.05) is 25.5 Å². The Labute approximate surface area is 136 Å². The first-order valence-corrected chi connectivity index (χ1v) is 9.40. The highest BCUT2D eigenvalue weighted by Gasteiger charge is 2.38. The van der Waals surface area contributed by atoms with Gasteiger partial charge < -0.3 is 14.2 Å². The molecule has 4 rings (SSSR count). The lowest BCUT2D eigenvalue weighted by Gasteiger charge is -2.43. The average Bonchev–Trinajstić information content (AvgIpc) is 3.32. The molecular weight excluding hydrogens is 296 g/mol. The molecule has 2 saturated heterocycles. The van der Waals surface area contributed by atoms with Gasteiger partial charge in [0.15, 0.2) is 0 Å². The molecule has 1 aromatic rings. The van der Waals surface area contributed by atoms with Gasteiger partial charge in [-0.15, -0.1) is 0 Å². The summed E-state index contributed by atoms with van der Waals surface area (Å²) >= 11 is 1.97. The summed E-state index contributed by atoms with van der Waals surface area (Å²) in [6.07, 6.45) is 3.49. The number of carbonyl (C=O) groups is 1. The van der Waals surface area contributed by atoms with Gasteiger partial charge in [-0.2, -0.15) is 11.8 Å². The second kappa shape index (κ2) is 5.60. The van der Waals surface area contributed by atoms with E-state index in [1.807, 2.05) is 11.8 Å². The highest BCUT2D eigenvalue weighted by Crippen LogP contribution is 2.39. The van der Waals surface area contributed by atoms with E-state index in [0.717, 1.165) is 43.2 Å². The number of rotatable bonds is 2. The van der Waals surface area contributed by atoms with Crippen LogP contribution in [0.25, 0.3) is 0 Å². The number of hydrogen-bond donors (Lipinski definition) is 0. The van der Waals surface area contributed by atoms with Gasteiger partial charge in [0.05, 0.1) is 12.2 Å². The van der Waals surface area contributed by atoms with Crippen molar-refractivity contribution in [2.24, 2.45) is 0 Å². The van der Waals surface area contributed by atoms with E-state index in [1.165, 1.54) is 18.5 Å². The van der Waals surface area contributed by atoms with Crippen LogP contribution >= 0.6 is 11.8 Å². The molecule has 4 nitrogen and oxygen atoms in total. The largest absolute Gasteiger partial charge is 0.380 e. The molecule has 5 heteroatoms. The van der Waals surface area contributed by atoms with E-state index < -0.39 is 0 Å². The Bertz CT molecular complexity index is 592. The number of aryl methyl sites for hydroxylation is 1. The quantitative estimate of drug-likeness (QED) is 0.840. The highest BCUT2D eigenvalue weighted by atomic mass is 32.2. The normalized spacial score (nSPS) is 28.5. The van der Waals surface area contributed by atoms with Gasteiger partial charge in [-0.05, 0) is 39.2 Å². The maximum Gasteiger partial charge on any atom is 0.255 e. The summed E-state index contributed by atoms with van der Waals surface area (Å²) in [6.45, 7) is 6.69. The summed E-state index contributed by atoms with van der Waals surface area (Å²) in [6, 6.07) is 3.09. The maximum absolute atomic E-state index is 13.1. The predicted molar refractivity (Wildman–Crippen MR) is 88.7 cm³/mol. The van der Waals surface area contributed by atoms with Crippen LogP contribution in [0.3, 0.4) is 0 Å². The fourth-order valence-electron chi connectivity index (χ4n) is 3.98. The lowest BCUT2D eigenvalue weighted by molar-refractivity contribution is 0.0318. The van der Waals surface area contributed by atoms with Gasteiger partial charge in [-0.25, -0.2) is 0 Å². The van der Waals surface area contributed by atoms with Crippen molar-refractivity contribution in [1.29, 1.82) is 0 Å². The van der Waals surface area contributed by atoms with Crippen molar-refractivity contribution in [3.63, 3.8) is 0 Å². The number of thioether (sulfide) groups is 1. The van der Waals surface area contributed by atoms with E-state index in [9.17, 15) is 4.79 Å². The molecule has 3 fully saturated rings. The molecule has 1 aromatic heterocycles. The number of aromatic nitrogens is 1. The fraction of sp³-hybridized carbons (Fsp3) is 0.706. The van der Waals surface area contributed by atoms with Gasteiger partial charge in [0.25, 0.3) is 5.91 Å². The first-order valence-electron chi connectivity index (χ1n) is 8.35. The Morgan fingerprint density at radius 3 is 2.91 bits per heavy atom. The summed E-state index contributed by atoms with van der Waals surface area (Å²) in [4.78, 5) is 15.3. The van der Waals surface area contributed by atoms with E-state index in [2.05, 4.69) is 29.4 Å². The van der Waals surface area contributed by atoms with Crippen molar-refractivity contribution in [3.8, 4) is 0 Å². The van der Waals surface area contributed by atoms with Crippen molar-refractivity contribution in [1.82, 2.24) is 9.47 Å². The third kappa shape index (κ3) is 2.38. The van der Waals surface area contributed by atoms with Crippen molar-refractivity contribution in [3.05, 3.63) is 23.0 Å². The molecule has 2 aliphatic heterocycles.